The summed E-state index contributed by atoms with van der Waals surface area (Å²) in [7, 11) is 0. The number of hydrogen-bond donors (Lipinski definition) is 0. The minimum absolute atomic E-state index is 0.510. The summed E-state index contributed by atoms with van der Waals surface area (Å²) < 4.78 is 5.45. The molecule has 100 valence electrons. The van der Waals surface area contributed by atoms with Crippen LogP contribution in [-0.2, 0) is 6.54 Å². The van der Waals surface area contributed by atoms with Crippen LogP contribution in [0.15, 0.2) is 29.3 Å². The lowest BCUT2D eigenvalue weighted by atomic mass is 10.1. The summed E-state index contributed by atoms with van der Waals surface area (Å²) in [5, 5.41) is 4.35. The van der Waals surface area contributed by atoms with Crippen LogP contribution in [0.1, 0.15) is 30.7 Å². The molecular weight excluding hydrogens is 306 g/mol. The number of likely N-dealkylation sites (tertiary alicyclic amines) is 1. The molecule has 5 nitrogen and oxygen atoms in total. The molecule has 1 saturated carbocycles. The minimum atomic E-state index is 0.510. The van der Waals surface area contributed by atoms with Crippen molar-refractivity contribution in [3.05, 3.63) is 35.1 Å². The quantitative estimate of drug-likeness (QED) is 0.866. The van der Waals surface area contributed by atoms with Crippen LogP contribution in [0.3, 0.4) is 0 Å². The Morgan fingerprint density at radius 1 is 1.26 bits per heavy atom. The second kappa shape index (κ2) is 4.45. The SMILES string of the molecule is Brc1cnn(C2CN(Cc3nccn3C3CC3)C2)c1. The third-order valence-corrected chi connectivity index (χ3v) is 4.35. The van der Waals surface area contributed by atoms with E-state index < -0.39 is 0 Å². The van der Waals surface area contributed by atoms with Gasteiger partial charge >= 0.3 is 0 Å². The molecule has 19 heavy (non-hydrogen) atoms. The molecule has 6 heteroatoms. The molecule has 2 fully saturated rings. The third kappa shape index (κ3) is 2.23. The molecule has 0 atom stereocenters. The molecule has 2 aliphatic rings. The highest BCUT2D eigenvalue weighted by molar-refractivity contribution is 9.10. The first-order valence-electron chi connectivity index (χ1n) is 6.73. The second-order valence-electron chi connectivity index (χ2n) is 5.47. The highest BCUT2D eigenvalue weighted by atomic mass is 79.9. The number of hydrogen-bond acceptors (Lipinski definition) is 3. The summed E-state index contributed by atoms with van der Waals surface area (Å²) in [6.07, 6.45) is 10.6. The van der Waals surface area contributed by atoms with Crippen molar-refractivity contribution >= 4 is 15.9 Å². The molecule has 0 unspecified atom stereocenters. The van der Waals surface area contributed by atoms with Crippen molar-refractivity contribution in [2.75, 3.05) is 13.1 Å². The van der Waals surface area contributed by atoms with E-state index in [1.807, 2.05) is 23.3 Å². The molecule has 3 heterocycles. The predicted octanol–water partition coefficient (Wildman–Crippen LogP) is 2.23. The van der Waals surface area contributed by atoms with Gasteiger partial charge in [-0.05, 0) is 28.8 Å². The fourth-order valence-corrected chi connectivity index (χ4v) is 3.01. The van der Waals surface area contributed by atoms with Gasteiger partial charge in [0.05, 0.1) is 23.3 Å². The van der Waals surface area contributed by atoms with Gasteiger partial charge in [-0.3, -0.25) is 9.58 Å². The number of nitrogens with zero attached hydrogens (tertiary/aromatic N) is 5. The molecule has 2 aromatic rings. The van der Waals surface area contributed by atoms with Crippen molar-refractivity contribution in [2.24, 2.45) is 0 Å². The van der Waals surface area contributed by atoms with Gasteiger partial charge in [0.15, 0.2) is 0 Å². The first kappa shape index (κ1) is 11.7. The predicted molar refractivity (Wildman–Crippen MR) is 74.7 cm³/mol. The molecule has 1 aliphatic heterocycles. The Morgan fingerprint density at radius 3 is 2.79 bits per heavy atom. The molecule has 1 saturated heterocycles. The van der Waals surface area contributed by atoms with Crippen molar-refractivity contribution in [2.45, 2.75) is 31.5 Å². The molecule has 0 radical (unpaired) electrons. The summed E-state index contributed by atoms with van der Waals surface area (Å²) in [6, 6.07) is 1.23. The second-order valence-corrected chi connectivity index (χ2v) is 6.38. The number of rotatable bonds is 4. The van der Waals surface area contributed by atoms with Crippen molar-refractivity contribution < 1.29 is 0 Å². The first-order valence-corrected chi connectivity index (χ1v) is 7.52. The van der Waals surface area contributed by atoms with E-state index in [2.05, 4.69) is 41.7 Å². The van der Waals surface area contributed by atoms with Crippen LogP contribution in [0.4, 0.5) is 0 Å². The Bertz CT molecular complexity index is 579. The molecule has 0 spiro atoms. The van der Waals surface area contributed by atoms with E-state index in [4.69, 9.17) is 0 Å². The molecule has 0 amide bonds. The molecule has 4 rings (SSSR count). The minimum Gasteiger partial charge on any atom is -0.331 e. The zero-order chi connectivity index (χ0) is 12.8. The van der Waals surface area contributed by atoms with Gasteiger partial charge in [-0.25, -0.2) is 4.98 Å². The van der Waals surface area contributed by atoms with Crippen LogP contribution in [0, 0.1) is 0 Å². The van der Waals surface area contributed by atoms with Gasteiger partial charge in [-0.15, -0.1) is 0 Å². The van der Waals surface area contributed by atoms with Gasteiger partial charge in [0, 0.05) is 37.7 Å². The smallest absolute Gasteiger partial charge is 0.123 e. The van der Waals surface area contributed by atoms with Gasteiger partial charge < -0.3 is 4.57 Å². The molecule has 0 bridgehead atoms. The van der Waals surface area contributed by atoms with E-state index in [0.717, 1.165) is 30.1 Å². The average molecular weight is 322 g/mol. The van der Waals surface area contributed by atoms with Crippen LogP contribution in [0.25, 0.3) is 0 Å². The lowest BCUT2D eigenvalue weighted by Crippen LogP contribution is -2.47. The number of imidazole rings is 1. The Kier molecular flexibility index (Phi) is 2.73. The fraction of sp³-hybridized carbons (Fsp3) is 0.538. The van der Waals surface area contributed by atoms with Crippen molar-refractivity contribution in [1.29, 1.82) is 0 Å². The van der Waals surface area contributed by atoms with E-state index in [1.165, 1.54) is 18.7 Å². The standard InChI is InChI=1S/C13H16BrN5/c14-10-5-16-19(6-10)12-7-17(8-12)9-13-15-3-4-18(13)11-1-2-11/h3-6,11-12H,1-2,7-9H2. The largest absolute Gasteiger partial charge is 0.331 e. The van der Waals surface area contributed by atoms with Gasteiger partial charge in [-0.2, -0.15) is 5.10 Å². The van der Waals surface area contributed by atoms with E-state index in [9.17, 15) is 0 Å². The number of aromatic nitrogens is 4. The van der Waals surface area contributed by atoms with E-state index in [-0.39, 0.29) is 0 Å². The molecule has 2 aromatic heterocycles. The Labute approximate surface area is 120 Å². The van der Waals surface area contributed by atoms with Gasteiger partial charge in [0.2, 0.25) is 0 Å². The lowest BCUT2D eigenvalue weighted by Gasteiger charge is -2.38. The van der Waals surface area contributed by atoms with Crippen LogP contribution < -0.4 is 0 Å². The van der Waals surface area contributed by atoms with Gasteiger partial charge in [0.25, 0.3) is 0 Å². The Balaban J connectivity index is 1.37. The monoisotopic (exact) mass is 321 g/mol. The average Bonchev–Trinajstić information content (AvgIpc) is 2.94. The first-order chi connectivity index (χ1) is 9.29. The maximum Gasteiger partial charge on any atom is 0.123 e. The van der Waals surface area contributed by atoms with Crippen LogP contribution in [-0.4, -0.2) is 37.3 Å². The summed E-state index contributed by atoms with van der Waals surface area (Å²) >= 11 is 3.44. The molecular formula is C13H16BrN5. The lowest BCUT2D eigenvalue weighted by molar-refractivity contribution is 0.0868. The maximum absolute atomic E-state index is 4.49. The molecule has 0 aromatic carbocycles. The van der Waals surface area contributed by atoms with Crippen molar-refractivity contribution in [3.8, 4) is 0 Å². The maximum atomic E-state index is 4.49. The topological polar surface area (TPSA) is 38.9 Å². The summed E-state index contributed by atoms with van der Waals surface area (Å²) in [5.74, 6) is 1.21. The third-order valence-electron chi connectivity index (χ3n) is 3.94. The van der Waals surface area contributed by atoms with Gasteiger partial charge in [0.1, 0.15) is 5.82 Å². The highest BCUT2D eigenvalue weighted by Gasteiger charge is 2.31. The zero-order valence-corrected chi connectivity index (χ0v) is 12.2. The van der Waals surface area contributed by atoms with Crippen LogP contribution >= 0.6 is 15.9 Å². The Morgan fingerprint density at radius 2 is 2.11 bits per heavy atom. The number of halogens is 1. The van der Waals surface area contributed by atoms with E-state index in [1.54, 1.807) is 0 Å². The summed E-state index contributed by atoms with van der Waals surface area (Å²) in [6.45, 7) is 3.08. The van der Waals surface area contributed by atoms with Crippen LogP contribution in [0.2, 0.25) is 0 Å². The van der Waals surface area contributed by atoms with Gasteiger partial charge in [-0.1, -0.05) is 0 Å². The van der Waals surface area contributed by atoms with E-state index >= 15 is 0 Å². The van der Waals surface area contributed by atoms with Crippen molar-refractivity contribution in [1.82, 2.24) is 24.2 Å². The summed E-state index contributed by atoms with van der Waals surface area (Å²) in [5.41, 5.74) is 0. The molecule has 0 N–H and O–H groups in total. The fourth-order valence-electron chi connectivity index (χ4n) is 2.71. The van der Waals surface area contributed by atoms with Crippen molar-refractivity contribution in [3.63, 3.8) is 0 Å². The van der Waals surface area contributed by atoms with Crippen LogP contribution in [0.5, 0.6) is 0 Å². The summed E-state index contributed by atoms with van der Waals surface area (Å²) in [4.78, 5) is 6.92. The Hall–Kier alpha value is -1.14. The molecule has 1 aliphatic carbocycles. The zero-order valence-electron chi connectivity index (χ0n) is 10.6. The van der Waals surface area contributed by atoms with E-state index in [0.29, 0.717) is 6.04 Å². The highest BCUT2D eigenvalue weighted by Crippen LogP contribution is 2.36. The normalized spacial score (nSPS) is 20.7.